The third kappa shape index (κ3) is 7.64. The predicted molar refractivity (Wildman–Crippen MR) is 145 cm³/mol. The molecule has 0 unspecified atom stereocenters. The highest BCUT2D eigenvalue weighted by Crippen LogP contribution is 2.31. The van der Waals surface area contributed by atoms with Crippen LogP contribution in [-0.4, -0.2) is 23.5 Å². The van der Waals surface area contributed by atoms with Gasteiger partial charge in [0.15, 0.2) is 0 Å². The van der Waals surface area contributed by atoms with Gasteiger partial charge in [-0.1, -0.05) is 99.5 Å². The van der Waals surface area contributed by atoms with Crippen LogP contribution in [0.25, 0.3) is 0 Å². The van der Waals surface area contributed by atoms with Crippen LogP contribution < -0.4 is 5.32 Å². The minimum Gasteiger partial charge on any atom is -0.322 e. The van der Waals surface area contributed by atoms with Crippen molar-refractivity contribution in [3.63, 3.8) is 0 Å². The van der Waals surface area contributed by atoms with Gasteiger partial charge in [0, 0.05) is 36.7 Å². The first kappa shape index (κ1) is 27.4. The first-order valence-corrected chi connectivity index (χ1v) is 13.0. The molecule has 0 atom stereocenters. The van der Waals surface area contributed by atoms with E-state index in [-0.39, 0.29) is 23.6 Å². The fourth-order valence-electron chi connectivity index (χ4n) is 4.80. The number of nitrogens with one attached hydrogen (secondary N) is 1. The van der Waals surface area contributed by atoms with E-state index in [4.69, 9.17) is 0 Å². The summed E-state index contributed by atoms with van der Waals surface area (Å²) in [6.07, 6.45) is 4.49. The number of carbonyl (C=O) groups excluding carboxylic acids is 1. The highest BCUT2D eigenvalue weighted by molar-refractivity contribution is 5.89. The molecule has 0 aromatic heterocycles. The molecule has 36 heavy (non-hydrogen) atoms. The van der Waals surface area contributed by atoms with Gasteiger partial charge in [-0.15, -0.1) is 0 Å². The van der Waals surface area contributed by atoms with Crippen molar-refractivity contribution in [2.75, 3.05) is 11.9 Å². The second-order valence-corrected chi connectivity index (χ2v) is 9.49. The van der Waals surface area contributed by atoms with Crippen molar-refractivity contribution in [1.82, 2.24) is 4.90 Å². The van der Waals surface area contributed by atoms with E-state index in [0.29, 0.717) is 12.2 Å². The van der Waals surface area contributed by atoms with E-state index in [9.17, 15) is 13.6 Å². The molecule has 0 saturated heterocycles. The van der Waals surface area contributed by atoms with Crippen molar-refractivity contribution in [2.24, 2.45) is 0 Å². The molecule has 0 bridgehead atoms. The lowest BCUT2D eigenvalue weighted by atomic mass is 9.88. The number of carbonyl (C=O) groups is 1. The normalized spacial score (nSPS) is 11.6. The van der Waals surface area contributed by atoms with Gasteiger partial charge in [-0.3, -0.25) is 0 Å². The molecule has 192 valence electrons. The van der Waals surface area contributed by atoms with Crippen molar-refractivity contribution in [1.29, 1.82) is 0 Å². The van der Waals surface area contributed by atoms with Crippen LogP contribution >= 0.6 is 0 Å². The summed E-state index contributed by atoms with van der Waals surface area (Å²) in [6, 6.07) is 26.6. The number of nitrogens with zero attached hydrogens (tertiary/aromatic N) is 1. The van der Waals surface area contributed by atoms with E-state index >= 15 is 0 Å². The zero-order valence-corrected chi connectivity index (χ0v) is 21.6. The quantitative estimate of drug-likeness (QED) is 0.269. The maximum atomic E-state index is 13.9. The molecule has 5 heteroatoms. The molecule has 1 N–H and O–H groups in total. The molecule has 3 rings (SSSR count). The summed E-state index contributed by atoms with van der Waals surface area (Å²) in [5, 5.41) is 2.91. The zero-order chi connectivity index (χ0) is 26.0. The molecule has 0 aliphatic rings. The number of anilines is 1. The van der Waals surface area contributed by atoms with Crippen LogP contribution in [0.2, 0.25) is 0 Å². The molecule has 3 aromatic rings. The number of amides is 2. The minimum atomic E-state index is -2.97. The SMILES string of the molecule is CCCC(CCC)N(CCC(c1ccccc1)c1ccccc1)C(=O)Nc1cccc(C(C)(F)F)c1. The van der Waals surface area contributed by atoms with Gasteiger partial charge in [0.1, 0.15) is 0 Å². The molecule has 2 amide bonds. The van der Waals surface area contributed by atoms with E-state index in [2.05, 4.69) is 43.4 Å². The fraction of sp³-hybridized carbons (Fsp3) is 0.387. The number of benzene rings is 3. The van der Waals surface area contributed by atoms with Gasteiger partial charge in [0.2, 0.25) is 0 Å². The lowest BCUT2D eigenvalue weighted by Crippen LogP contribution is -2.44. The van der Waals surface area contributed by atoms with E-state index in [1.807, 2.05) is 41.3 Å². The summed E-state index contributed by atoms with van der Waals surface area (Å²) in [6.45, 7) is 5.69. The van der Waals surface area contributed by atoms with Crippen LogP contribution in [0.3, 0.4) is 0 Å². The Morgan fingerprint density at radius 2 is 1.39 bits per heavy atom. The molecule has 0 aliphatic heterocycles. The summed E-state index contributed by atoms with van der Waals surface area (Å²) in [4.78, 5) is 15.5. The van der Waals surface area contributed by atoms with E-state index in [1.165, 1.54) is 23.3 Å². The average molecular weight is 493 g/mol. The van der Waals surface area contributed by atoms with E-state index in [1.54, 1.807) is 12.1 Å². The molecular weight excluding hydrogens is 454 g/mol. The minimum absolute atomic E-state index is 0.0861. The summed E-state index contributed by atoms with van der Waals surface area (Å²) < 4.78 is 27.7. The third-order valence-electron chi connectivity index (χ3n) is 6.63. The van der Waals surface area contributed by atoms with Crippen LogP contribution in [0, 0.1) is 0 Å². The fourth-order valence-corrected chi connectivity index (χ4v) is 4.80. The third-order valence-corrected chi connectivity index (χ3v) is 6.63. The number of hydrogen-bond donors (Lipinski definition) is 1. The molecule has 0 spiro atoms. The van der Waals surface area contributed by atoms with Crippen LogP contribution in [0.4, 0.5) is 19.3 Å². The number of urea groups is 1. The average Bonchev–Trinajstić information content (AvgIpc) is 2.87. The predicted octanol–water partition coefficient (Wildman–Crippen LogP) is 8.82. The van der Waals surface area contributed by atoms with Gasteiger partial charge in [-0.05, 0) is 42.5 Å². The number of alkyl halides is 2. The summed E-state index contributed by atoms with van der Waals surface area (Å²) >= 11 is 0. The van der Waals surface area contributed by atoms with Crippen LogP contribution in [-0.2, 0) is 5.92 Å². The van der Waals surface area contributed by atoms with Gasteiger partial charge >= 0.3 is 6.03 Å². The van der Waals surface area contributed by atoms with Crippen LogP contribution in [0.15, 0.2) is 84.9 Å². The second kappa shape index (κ2) is 13.2. The highest BCUT2D eigenvalue weighted by atomic mass is 19.3. The summed E-state index contributed by atoms with van der Waals surface area (Å²) in [5.74, 6) is -2.82. The first-order chi connectivity index (χ1) is 17.3. The molecule has 0 saturated carbocycles. The maximum absolute atomic E-state index is 13.9. The molecule has 3 aromatic carbocycles. The van der Waals surface area contributed by atoms with E-state index in [0.717, 1.165) is 39.0 Å². The Kier molecular flexibility index (Phi) is 10.0. The topological polar surface area (TPSA) is 32.3 Å². The Balaban J connectivity index is 1.86. The summed E-state index contributed by atoms with van der Waals surface area (Å²) in [7, 11) is 0. The smallest absolute Gasteiger partial charge is 0.322 e. The van der Waals surface area contributed by atoms with E-state index < -0.39 is 5.92 Å². The zero-order valence-electron chi connectivity index (χ0n) is 21.6. The Hall–Kier alpha value is -3.21. The molecule has 0 radical (unpaired) electrons. The Labute approximate surface area is 214 Å². The molecule has 0 heterocycles. The molecule has 3 nitrogen and oxygen atoms in total. The summed E-state index contributed by atoms with van der Waals surface area (Å²) in [5.41, 5.74) is 2.70. The van der Waals surface area contributed by atoms with Gasteiger partial charge < -0.3 is 10.2 Å². The molecule has 0 fully saturated rings. The maximum Gasteiger partial charge on any atom is 0.322 e. The number of rotatable bonds is 12. The van der Waals surface area contributed by atoms with Gasteiger partial charge in [-0.2, -0.15) is 0 Å². The van der Waals surface area contributed by atoms with Gasteiger partial charge in [-0.25, -0.2) is 13.6 Å². The standard InChI is InChI=1S/C31H38F2N2O/c1-4-13-28(14-5-2)35(30(36)34-27-20-12-19-26(23-27)31(3,32)33)22-21-29(24-15-8-6-9-16-24)25-17-10-7-11-18-25/h6-12,15-20,23,28-29H,4-5,13-14,21-22H2,1-3H3,(H,34,36). The van der Waals surface area contributed by atoms with Gasteiger partial charge in [0.05, 0.1) is 0 Å². The number of hydrogen-bond acceptors (Lipinski definition) is 1. The largest absolute Gasteiger partial charge is 0.322 e. The highest BCUT2D eigenvalue weighted by Gasteiger charge is 2.27. The Bertz CT molecular complexity index is 1020. The molecular formula is C31H38F2N2O. The Morgan fingerprint density at radius 3 is 1.89 bits per heavy atom. The monoisotopic (exact) mass is 492 g/mol. The van der Waals surface area contributed by atoms with Crippen LogP contribution in [0.1, 0.15) is 75.5 Å². The van der Waals surface area contributed by atoms with Crippen molar-refractivity contribution >= 4 is 11.7 Å². The first-order valence-electron chi connectivity index (χ1n) is 13.0. The second-order valence-electron chi connectivity index (χ2n) is 9.49. The van der Waals surface area contributed by atoms with Crippen molar-refractivity contribution < 1.29 is 13.6 Å². The Morgan fingerprint density at radius 1 is 0.833 bits per heavy atom. The molecule has 0 aliphatic carbocycles. The number of halogens is 2. The lowest BCUT2D eigenvalue weighted by molar-refractivity contribution is 0.0175. The van der Waals surface area contributed by atoms with Crippen molar-refractivity contribution in [3.8, 4) is 0 Å². The van der Waals surface area contributed by atoms with Gasteiger partial charge in [0.25, 0.3) is 5.92 Å². The van der Waals surface area contributed by atoms with Crippen LogP contribution in [0.5, 0.6) is 0 Å². The van der Waals surface area contributed by atoms with Crippen molar-refractivity contribution in [2.45, 2.75) is 70.8 Å². The van der Waals surface area contributed by atoms with Crippen molar-refractivity contribution in [3.05, 3.63) is 102 Å². The lowest BCUT2D eigenvalue weighted by Gasteiger charge is -2.33.